The van der Waals surface area contributed by atoms with E-state index in [-0.39, 0.29) is 6.10 Å². The van der Waals surface area contributed by atoms with Gasteiger partial charge >= 0.3 is 0 Å². The molecule has 0 amide bonds. The van der Waals surface area contributed by atoms with E-state index in [4.69, 9.17) is 4.74 Å². The zero-order valence-corrected chi connectivity index (χ0v) is 14.3. The molecule has 1 N–H and O–H groups in total. The second-order valence-electron chi connectivity index (χ2n) is 5.33. The smallest absolute Gasteiger partial charge is 0.252 e. The topological polar surface area (TPSA) is 58.6 Å². The average Bonchev–Trinajstić information content (AvgIpc) is 2.95. The first-order valence-corrected chi connectivity index (χ1v) is 9.72. The van der Waals surface area contributed by atoms with Crippen LogP contribution in [0.15, 0.2) is 15.7 Å². The van der Waals surface area contributed by atoms with Gasteiger partial charge in [-0.3, -0.25) is 0 Å². The summed E-state index contributed by atoms with van der Waals surface area (Å²) in [5.41, 5.74) is 1.02. The van der Waals surface area contributed by atoms with E-state index < -0.39 is 10.0 Å². The van der Waals surface area contributed by atoms with Crippen molar-refractivity contribution in [1.82, 2.24) is 9.62 Å². The van der Waals surface area contributed by atoms with Crippen LogP contribution in [0.3, 0.4) is 0 Å². The molecule has 0 spiro atoms. The predicted molar refractivity (Wildman–Crippen MR) is 85.1 cm³/mol. The Bertz CT molecular complexity index is 536. The van der Waals surface area contributed by atoms with Crippen LogP contribution in [0.25, 0.3) is 0 Å². The highest BCUT2D eigenvalue weighted by Gasteiger charge is 2.26. The van der Waals surface area contributed by atoms with E-state index in [0.29, 0.717) is 17.3 Å². The fourth-order valence-electron chi connectivity index (χ4n) is 2.34. The molecule has 2 heterocycles. The van der Waals surface area contributed by atoms with Crippen LogP contribution >= 0.6 is 11.3 Å². The van der Waals surface area contributed by atoms with Gasteiger partial charge in [0.25, 0.3) is 10.0 Å². The molecular weight excluding hydrogens is 308 g/mol. The molecule has 0 radical (unpaired) electrons. The Morgan fingerprint density at radius 3 is 2.95 bits per heavy atom. The zero-order valence-electron chi connectivity index (χ0n) is 12.7. The van der Waals surface area contributed by atoms with Crippen molar-refractivity contribution >= 4 is 21.4 Å². The Hall–Kier alpha value is -0.470. The summed E-state index contributed by atoms with van der Waals surface area (Å²) in [5, 5.41) is 5.11. The maximum atomic E-state index is 12.6. The van der Waals surface area contributed by atoms with Crippen molar-refractivity contribution in [2.24, 2.45) is 0 Å². The molecule has 0 aliphatic carbocycles. The second-order valence-corrected chi connectivity index (χ2v) is 8.51. The molecule has 7 heteroatoms. The van der Waals surface area contributed by atoms with Crippen LogP contribution in [-0.2, 0) is 21.3 Å². The minimum atomic E-state index is -3.40. The van der Waals surface area contributed by atoms with Gasteiger partial charge in [0.15, 0.2) is 0 Å². The van der Waals surface area contributed by atoms with Crippen molar-refractivity contribution in [2.75, 3.05) is 26.7 Å². The summed E-state index contributed by atoms with van der Waals surface area (Å²) in [6.07, 6.45) is 3.16. The van der Waals surface area contributed by atoms with Crippen LogP contribution in [0, 0.1) is 0 Å². The monoisotopic (exact) mass is 332 g/mol. The van der Waals surface area contributed by atoms with Gasteiger partial charge in [0.1, 0.15) is 4.21 Å². The molecule has 1 atom stereocenters. The lowest BCUT2D eigenvalue weighted by molar-refractivity contribution is 0.00860. The van der Waals surface area contributed by atoms with Crippen LogP contribution in [0.5, 0.6) is 0 Å². The summed E-state index contributed by atoms with van der Waals surface area (Å²) < 4.78 is 32.6. The summed E-state index contributed by atoms with van der Waals surface area (Å²) in [6.45, 7) is 4.78. The number of sulfonamides is 1. The highest BCUT2D eigenvalue weighted by atomic mass is 32.2. The largest absolute Gasteiger partial charge is 0.377 e. The maximum Gasteiger partial charge on any atom is 0.252 e. The fraction of sp³-hybridized carbons (Fsp3) is 0.714. The molecule has 1 aliphatic rings. The van der Waals surface area contributed by atoms with Crippen LogP contribution in [-0.4, -0.2) is 45.6 Å². The zero-order chi connectivity index (χ0) is 15.3. The first-order valence-electron chi connectivity index (χ1n) is 7.40. The van der Waals surface area contributed by atoms with Gasteiger partial charge in [0.05, 0.1) is 6.10 Å². The van der Waals surface area contributed by atoms with Gasteiger partial charge < -0.3 is 10.1 Å². The predicted octanol–water partition coefficient (Wildman–Crippen LogP) is 2.05. The van der Waals surface area contributed by atoms with Gasteiger partial charge in [0, 0.05) is 26.7 Å². The number of hydrogen-bond donors (Lipinski definition) is 1. The number of likely N-dealkylation sites (N-methyl/N-ethyl adjacent to an activating group) is 1. The number of nitrogens with one attached hydrogen (secondary N) is 1. The Labute approximate surface area is 131 Å². The molecule has 0 bridgehead atoms. The van der Waals surface area contributed by atoms with Gasteiger partial charge in [-0.15, -0.1) is 11.3 Å². The van der Waals surface area contributed by atoms with Gasteiger partial charge in [-0.25, -0.2) is 8.42 Å². The van der Waals surface area contributed by atoms with Crippen LogP contribution < -0.4 is 5.32 Å². The molecule has 1 unspecified atom stereocenters. The molecule has 1 fully saturated rings. The highest BCUT2D eigenvalue weighted by Crippen LogP contribution is 2.24. The fourth-order valence-corrected chi connectivity index (χ4v) is 4.96. The lowest BCUT2D eigenvalue weighted by Crippen LogP contribution is -2.36. The van der Waals surface area contributed by atoms with E-state index in [2.05, 4.69) is 5.32 Å². The van der Waals surface area contributed by atoms with Crippen molar-refractivity contribution in [2.45, 2.75) is 43.0 Å². The van der Waals surface area contributed by atoms with Gasteiger partial charge in [-0.1, -0.05) is 6.92 Å². The first kappa shape index (κ1) is 16.9. The maximum absolute atomic E-state index is 12.6. The van der Waals surface area contributed by atoms with E-state index in [1.54, 1.807) is 13.1 Å². The van der Waals surface area contributed by atoms with Crippen molar-refractivity contribution in [3.05, 3.63) is 17.0 Å². The third-order valence-electron chi connectivity index (χ3n) is 3.61. The van der Waals surface area contributed by atoms with Gasteiger partial charge in [-0.05, 0) is 42.8 Å². The molecule has 21 heavy (non-hydrogen) atoms. The Morgan fingerprint density at radius 2 is 2.29 bits per heavy atom. The first-order chi connectivity index (χ1) is 10.0. The van der Waals surface area contributed by atoms with E-state index in [9.17, 15) is 8.42 Å². The standard InChI is InChI=1S/C14H24N2O3S2/c1-3-15-9-12-8-14(20-11-12)21(17,18)16(2)10-13-6-4-5-7-19-13/h8,11,13,15H,3-7,9-10H2,1-2H3. The van der Waals surface area contributed by atoms with Crippen molar-refractivity contribution in [1.29, 1.82) is 0 Å². The quantitative estimate of drug-likeness (QED) is 0.830. The third-order valence-corrected chi connectivity index (χ3v) is 6.90. The lowest BCUT2D eigenvalue weighted by Gasteiger charge is -2.26. The Balaban J connectivity index is 2.00. The SMILES string of the molecule is CCNCc1csc(S(=O)(=O)N(C)CC2CCCCO2)c1. The molecule has 0 aromatic carbocycles. The molecular formula is C14H24N2O3S2. The summed E-state index contributed by atoms with van der Waals surface area (Å²) in [4.78, 5) is 0. The van der Waals surface area contributed by atoms with Crippen molar-refractivity contribution < 1.29 is 13.2 Å². The highest BCUT2D eigenvalue weighted by molar-refractivity contribution is 7.91. The van der Waals surface area contributed by atoms with Crippen LogP contribution in [0.1, 0.15) is 31.7 Å². The van der Waals surface area contributed by atoms with E-state index in [0.717, 1.165) is 38.0 Å². The third kappa shape index (κ3) is 4.50. The number of ether oxygens (including phenoxy) is 1. The summed E-state index contributed by atoms with van der Waals surface area (Å²) in [5.74, 6) is 0. The summed E-state index contributed by atoms with van der Waals surface area (Å²) >= 11 is 1.29. The summed E-state index contributed by atoms with van der Waals surface area (Å²) in [6, 6.07) is 1.76. The molecule has 1 aromatic rings. The molecule has 2 rings (SSSR count). The van der Waals surface area contributed by atoms with Crippen LogP contribution in [0.2, 0.25) is 0 Å². The van der Waals surface area contributed by atoms with Gasteiger partial charge in [-0.2, -0.15) is 4.31 Å². The number of hydrogen-bond acceptors (Lipinski definition) is 5. The van der Waals surface area contributed by atoms with Crippen LogP contribution in [0.4, 0.5) is 0 Å². The van der Waals surface area contributed by atoms with E-state index in [1.165, 1.54) is 15.6 Å². The lowest BCUT2D eigenvalue weighted by atomic mass is 10.1. The minimum absolute atomic E-state index is 0.0275. The molecule has 1 saturated heterocycles. The van der Waals surface area contributed by atoms with Crippen molar-refractivity contribution in [3.8, 4) is 0 Å². The molecule has 120 valence electrons. The molecule has 1 aliphatic heterocycles. The molecule has 1 aromatic heterocycles. The Morgan fingerprint density at radius 1 is 1.48 bits per heavy atom. The van der Waals surface area contributed by atoms with E-state index in [1.807, 2.05) is 12.3 Å². The van der Waals surface area contributed by atoms with Crippen molar-refractivity contribution in [3.63, 3.8) is 0 Å². The average molecular weight is 332 g/mol. The molecule has 0 saturated carbocycles. The minimum Gasteiger partial charge on any atom is -0.377 e. The van der Waals surface area contributed by atoms with E-state index >= 15 is 0 Å². The molecule has 5 nitrogen and oxygen atoms in total. The Kier molecular flexibility index (Phi) is 6.19. The number of rotatable bonds is 7. The summed E-state index contributed by atoms with van der Waals surface area (Å²) in [7, 11) is -1.76. The second kappa shape index (κ2) is 7.69. The normalized spacial score (nSPS) is 20.0. The number of thiophene rings is 1. The number of nitrogens with zero attached hydrogens (tertiary/aromatic N) is 1. The van der Waals surface area contributed by atoms with Gasteiger partial charge in [0.2, 0.25) is 0 Å².